The zero-order valence-corrected chi connectivity index (χ0v) is 15.6. The zero-order valence-electron chi connectivity index (χ0n) is 13.9. The number of rotatable bonds is 4. The molecular weight excluding hydrogens is 424 g/mol. The van der Waals surface area contributed by atoms with Gasteiger partial charge in [0.25, 0.3) is 0 Å². The van der Waals surface area contributed by atoms with Crippen molar-refractivity contribution in [3.05, 3.63) is 56.9 Å². The van der Waals surface area contributed by atoms with Crippen LogP contribution in [0.15, 0.2) is 34.1 Å². The molecule has 3 heterocycles. The first-order valence-corrected chi connectivity index (χ1v) is 9.42. The van der Waals surface area contributed by atoms with Crippen molar-refractivity contribution in [2.75, 3.05) is 6.54 Å². The Morgan fingerprint density at radius 3 is 2.96 bits per heavy atom. The van der Waals surface area contributed by atoms with Gasteiger partial charge >= 0.3 is 155 Å². The van der Waals surface area contributed by atoms with Crippen LogP contribution in [-0.4, -0.2) is 55.1 Å². The minimum absolute atomic E-state index is 0.0242. The number of halogens is 1. The Balaban J connectivity index is 1.51. The summed E-state index contributed by atoms with van der Waals surface area (Å²) in [6.07, 6.45) is 1.21. The number of hydrogen-bond acceptors (Lipinski definition) is 6. The maximum atomic E-state index is 13.3. The van der Waals surface area contributed by atoms with E-state index in [-0.39, 0.29) is 50.5 Å². The fourth-order valence-corrected chi connectivity index (χ4v) is 4.73. The summed E-state index contributed by atoms with van der Waals surface area (Å²) >= 11 is -0.335. The zero-order chi connectivity index (χ0) is 19.1. The average molecular weight is 436 g/mol. The van der Waals surface area contributed by atoms with Crippen molar-refractivity contribution in [2.24, 2.45) is 7.05 Å². The molecule has 0 atom stereocenters. The second-order valence-corrected chi connectivity index (χ2v) is 7.91. The molecule has 0 unspecified atom stereocenters. The van der Waals surface area contributed by atoms with Crippen molar-refractivity contribution in [3.63, 3.8) is 0 Å². The van der Waals surface area contributed by atoms with E-state index in [9.17, 15) is 18.8 Å². The number of carbonyl (C=O) groups excluding carboxylic acids is 1. The SMILES string of the molecule is Cn1nnc2c(C(=O)NCCn3[se]c4cc(F)ccc4c3=O)ncn2c1=O. The molecule has 0 aliphatic rings. The topological polar surface area (TPSA) is 116 Å². The van der Waals surface area contributed by atoms with Gasteiger partial charge in [-0.25, -0.2) is 0 Å². The molecule has 0 aliphatic heterocycles. The summed E-state index contributed by atoms with van der Waals surface area (Å²) in [5.74, 6) is -0.903. The van der Waals surface area contributed by atoms with Crippen molar-refractivity contribution in [1.82, 2.24) is 33.3 Å². The molecule has 0 aliphatic carbocycles. The van der Waals surface area contributed by atoms with E-state index in [0.29, 0.717) is 9.65 Å². The van der Waals surface area contributed by atoms with Crippen LogP contribution in [0.25, 0.3) is 15.3 Å². The van der Waals surface area contributed by atoms with Crippen molar-refractivity contribution >= 4 is 35.9 Å². The van der Waals surface area contributed by atoms with E-state index in [4.69, 9.17) is 0 Å². The molecule has 1 amide bonds. The Labute approximate surface area is 155 Å². The van der Waals surface area contributed by atoms with Gasteiger partial charge < -0.3 is 0 Å². The molecular formula is C15H12FN7O3Se. The minimum atomic E-state index is -0.525. The van der Waals surface area contributed by atoms with Gasteiger partial charge in [0.05, 0.1) is 0 Å². The summed E-state index contributed by atoms with van der Waals surface area (Å²) in [4.78, 5) is 40.4. The first-order chi connectivity index (χ1) is 13.0. The number of aromatic nitrogens is 6. The van der Waals surface area contributed by atoms with Crippen molar-refractivity contribution in [2.45, 2.75) is 6.54 Å². The predicted octanol–water partition coefficient (Wildman–Crippen LogP) is -1.24. The summed E-state index contributed by atoms with van der Waals surface area (Å²) in [6, 6.07) is 4.10. The molecule has 0 radical (unpaired) electrons. The standard InChI is InChI=1S/C15H12FN7O3Se/c1-21-15(26)22-7-18-11(12(22)19-20-21)13(24)17-4-5-23-14(25)9-3-2-8(16)6-10(9)27-23/h2-3,6-7H,4-5H2,1H3,(H,17,24). The molecule has 27 heavy (non-hydrogen) atoms. The van der Waals surface area contributed by atoms with E-state index < -0.39 is 11.6 Å². The summed E-state index contributed by atoms with van der Waals surface area (Å²) in [6.45, 7) is 0.459. The second kappa shape index (κ2) is 6.56. The van der Waals surface area contributed by atoms with Gasteiger partial charge in [-0.1, -0.05) is 0 Å². The van der Waals surface area contributed by atoms with E-state index in [1.54, 1.807) is 3.56 Å². The molecule has 1 N–H and O–H groups in total. The third kappa shape index (κ3) is 2.98. The van der Waals surface area contributed by atoms with E-state index >= 15 is 0 Å². The maximum absolute atomic E-state index is 13.3. The molecule has 4 aromatic rings. The monoisotopic (exact) mass is 437 g/mol. The molecule has 0 fully saturated rings. The van der Waals surface area contributed by atoms with Crippen LogP contribution in [0, 0.1) is 5.82 Å². The van der Waals surface area contributed by atoms with Crippen LogP contribution >= 0.6 is 0 Å². The normalized spacial score (nSPS) is 11.3. The molecule has 10 nitrogen and oxygen atoms in total. The Bertz CT molecular complexity index is 1300. The third-order valence-corrected chi connectivity index (χ3v) is 6.24. The number of nitrogens with one attached hydrogen (secondary N) is 1. The average Bonchev–Trinajstić information content (AvgIpc) is 3.20. The summed E-state index contributed by atoms with van der Waals surface area (Å²) < 4.78 is 17.7. The Morgan fingerprint density at radius 2 is 2.15 bits per heavy atom. The Hall–Kier alpha value is -3.11. The number of nitrogens with zero attached hydrogens (tertiary/aromatic N) is 6. The summed E-state index contributed by atoms with van der Waals surface area (Å²) in [5, 5.41) is 10.6. The fraction of sp³-hybridized carbons (Fsp3) is 0.200. The number of hydrogen-bond donors (Lipinski definition) is 1. The quantitative estimate of drug-likeness (QED) is 0.401. The van der Waals surface area contributed by atoms with E-state index in [0.717, 1.165) is 9.08 Å². The number of fused-ring (bicyclic) bond motifs is 2. The summed E-state index contributed by atoms with van der Waals surface area (Å²) in [7, 11) is 1.44. The Morgan fingerprint density at radius 1 is 1.33 bits per heavy atom. The molecule has 0 bridgehead atoms. The van der Waals surface area contributed by atoms with Crippen LogP contribution in [0.5, 0.6) is 0 Å². The fourth-order valence-electron chi connectivity index (χ4n) is 2.59. The third-order valence-electron chi connectivity index (χ3n) is 3.92. The van der Waals surface area contributed by atoms with Crippen LogP contribution in [0.1, 0.15) is 10.5 Å². The molecule has 12 heteroatoms. The van der Waals surface area contributed by atoms with Crippen LogP contribution < -0.4 is 16.6 Å². The molecule has 0 saturated carbocycles. The number of carbonyl (C=O) groups is 1. The number of aryl methyl sites for hydroxylation is 1. The van der Waals surface area contributed by atoms with Gasteiger partial charge in [0.15, 0.2) is 0 Å². The summed E-state index contributed by atoms with van der Waals surface area (Å²) in [5.41, 5.74) is -0.619. The van der Waals surface area contributed by atoms with E-state index in [1.165, 1.54) is 31.6 Å². The molecule has 0 spiro atoms. The molecule has 0 saturated heterocycles. The van der Waals surface area contributed by atoms with Gasteiger partial charge in [0.1, 0.15) is 0 Å². The first kappa shape index (κ1) is 17.3. The predicted molar refractivity (Wildman–Crippen MR) is 93.5 cm³/mol. The van der Waals surface area contributed by atoms with Crippen LogP contribution in [0.4, 0.5) is 4.39 Å². The first-order valence-electron chi connectivity index (χ1n) is 7.80. The van der Waals surface area contributed by atoms with Gasteiger partial charge in [-0.05, 0) is 0 Å². The molecule has 138 valence electrons. The second-order valence-electron chi connectivity index (χ2n) is 5.68. The van der Waals surface area contributed by atoms with Gasteiger partial charge in [-0.3, -0.25) is 0 Å². The van der Waals surface area contributed by atoms with Gasteiger partial charge in [0.2, 0.25) is 0 Å². The van der Waals surface area contributed by atoms with Crippen LogP contribution in [-0.2, 0) is 13.6 Å². The molecule has 3 aromatic heterocycles. The number of amides is 1. The van der Waals surface area contributed by atoms with E-state index in [1.807, 2.05) is 0 Å². The van der Waals surface area contributed by atoms with Gasteiger partial charge in [0, 0.05) is 0 Å². The number of imidazole rings is 1. The van der Waals surface area contributed by atoms with E-state index in [2.05, 4.69) is 20.6 Å². The van der Waals surface area contributed by atoms with Gasteiger partial charge in [-0.2, -0.15) is 0 Å². The van der Waals surface area contributed by atoms with Crippen LogP contribution in [0.3, 0.4) is 0 Å². The van der Waals surface area contributed by atoms with Crippen molar-refractivity contribution in [3.8, 4) is 0 Å². The molecule has 1 aromatic carbocycles. The Kier molecular flexibility index (Phi) is 4.21. The number of benzene rings is 1. The van der Waals surface area contributed by atoms with Crippen LogP contribution in [0.2, 0.25) is 0 Å². The van der Waals surface area contributed by atoms with Crippen molar-refractivity contribution < 1.29 is 9.18 Å². The van der Waals surface area contributed by atoms with Crippen molar-refractivity contribution in [1.29, 1.82) is 0 Å². The molecule has 4 rings (SSSR count). The van der Waals surface area contributed by atoms with Gasteiger partial charge in [-0.15, -0.1) is 0 Å².